The third kappa shape index (κ3) is 2.69. The number of amides is 2. The number of aryl methyl sites for hydroxylation is 1. The van der Waals surface area contributed by atoms with Crippen molar-refractivity contribution in [1.29, 1.82) is 0 Å². The van der Waals surface area contributed by atoms with Gasteiger partial charge in [-0.3, -0.25) is 9.59 Å². The molecular formula is C19H17ClN2O2. The molecule has 4 nitrogen and oxygen atoms in total. The fourth-order valence-electron chi connectivity index (χ4n) is 2.80. The van der Waals surface area contributed by atoms with E-state index in [-0.39, 0.29) is 10.7 Å². The lowest BCUT2D eigenvalue weighted by molar-refractivity contribution is -0.120. The van der Waals surface area contributed by atoms with Gasteiger partial charge in [-0.25, -0.2) is 4.90 Å². The summed E-state index contributed by atoms with van der Waals surface area (Å²) < 4.78 is 0. The lowest BCUT2D eigenvalue weighted by atomic mass is 10.2. The van der Waals surface area contributed by atoms with Crippen molar-refractivity contribution in [3.63, 3.8) is 0 Å². The highest BCUT2D eigenvalue weighted by Gasteiger charge is 2.41. The smallest absolute Gasteiger partial charge is 0.283 e. The maximum Gasteiger partial charge on any atom is 0.283 e. The van der Waals surface area contributed by atoms with Crippen molar-refractivity contribution in [2.45, 2.75) is 13.8 Å². The second-order valence-corrected chi connectivity index (χ2v) is 5.91. The maximum absolute atomic E-state index is 12.9. The van der Waals surface area contributed by atoms with Gasteiger partial charge in [0.05, 0.1) is 5.69 Å². The van der Waals surface area contributed by atoms with Crippen LogP contribution in [0.4, 0.5) is 11.4 Å². The topological polar surface area (TPSA) is 40.6 Å². The standard InChI is InChI=1S/C19H17ClN2O2/c1-3-21(14-9-5-4-6-10-14)17-16(20)18(23)22(19(17)24)15-11-7-8-13(2)12-15/h4-12H,3H2,1-2H3. The summed E-state index contributed by atoms with van der Waals surface area (Å²) in [6, 6.07) is 16.7. The molecule has 1 aliphatic rings. The van der Waals surface area contributed by atoms with E-state index in [0.29, 0.717) is 12.2 Å². The molecule has 1 aliphatic heterocycles. The van der Waals surface area contributed by atoms with E-state index in [1.165, 1.54) is 0 Å². The van der Waals surface area contributed by atoms with Crippen molar-refractivity contribution in [3.05, 3.63) is 70.9 Å². The molecule has 2 aromatic rings. The molecule has 0 bridgehead atoms. The zero-order valence-electron chi connectivity index (χ0n) is 13.5. The van der Waals surface area contributed by atoms with Crippen LogP contribution >= 0.6 is 11.6 Å². The minimum absolute atomic E-state index is 0.0489. The molecule has 0 aliphatic carbocycles. The summed E-state index contributed by atoms with van der Waals surface area (Å²) in [7, 11) is 0. The number of nitrogens with zero attached hydrogens (tertiary/aromatic N) is 2. The molecule has 122 valence electrons. The van der Waals surface area contributed by atoms with E-state index in [1.807, 2.05) is 56.3 Å². The summed E-state index contributed by atoms with van der Waals surface area (Å²) in [6.07, 6.45) is 0. The number of likely N-dealkylation sites (N-methyl/N-ethyl adjacent to an activating group) is 1. The third-order valence-corrected chi connectivity index (χ3v) is 4.26. The van der Waals surface area contributed by atoms with Crippen molar-refractivity contribution in [2.75, 3.05) is 16.3 Å². The number of carbonyl (C=O) groups excluding carboxylic acids is 2. The van der Waals surface area contributed by atoms with Crippen LogP contribution in [0.2, 0.25) is 0 Å². The van der Waals surface area contributed by atoms with Crippen molar-refractivity contribution < 1.29 is 9.59 Å². The number of rotatable bonds is 4. The molecule has 24 heavy (non-hydrogen) atoms. The molecule has 1 heterocycles. The molecular weight excluding hydrogens is 324 g/mol. The summed E-state index contributed by atoms with van der Waals surface area (Å²) >= 11 is 6.26. The summed E-state index contributed by atoms with van der Waals surface area (Å²) in [4.78, 5) is 28.4. The highest BCUT2D eigenvalue weighted by molar-refractivity contribution is 6.53. The fourth-order valence-corrected chi connectivity index (χ4v) is 3.07. The van der Waals surface area contributed by atoms with Crippen LogP contribution in [-0.4, -0.2) is 18.4 Å². The van der Waals surface area contributed by atoms with E-state index in [1.54, 1.807) is 17.0 Å². The van der Waals surface area contributed by atoms with E-state index in [2.05, 4.69) is 0 Å². The predicted octanol–water partition coefficient (Wildman–Crippen LogP) is 3.85. The van der Waals surface area contributed by atoms with Crippen LogP contribution in [0.1, 0.15) is 12.5 Å². The molecule has 0 unspecified atom stereocenters. The number of benzene rings is 2. The Morgan fingerprint density at radius 3 is 2.33 bits per heavy atom. The summed E-state index contributed by atoms with van der Waals surface area (Å²) in [5.41, 5.74) is 2.53. The molecule has 0 spiro atoms. The number of imide groups is 1. The van der Waals surface area contributed by atoms with Crippen molar-refractivity contribution in [2.24, 2.45) is 0 Å². The van der Waals surface area contributed by atoms with Crippen LogP contribution in [0.3, 0.4) is 0 Å². The van der Waals surface area contributed by atoms with Crippen molar-refractivity contribution in [1.82, 2.24) is 0 Å². The quantitative estimate of drug-likeness (QED) is 0.794. The summed E-state index contributed by atoms with van der Waals surface area (Å²) in [5, 5.41) is -0.0489. The van der Waals surface area contributed by atoms with Gasteiger partial charge in [-0.15, -0.1) is 0 Å². The average Bonchev–Trinajstić information content (AvgIpc) is 2.80. The third-order valence-electron chi connectivity index (χ3n) is 3.92. The van der Waals surface area contributed by atoms with Crippen LogP contribution in [0.15, 0.2) is 65.3 Å². The van der Waals surface area contributed by atoms with Gasteiger partial charge in [-0.05, 0) is 43.7 Å². The van der Waals surface area contributed by atoms with E-state index < -0.39 is 11.8 Å². The first kappa shape index (κ1) is 16.3. The van der Waals surface area contributed by atoms with Gasteiger partial charge in [0, 0.05) is 12.2 Å². The molecule has 0 radical (unpaired) electrons. The second-order valence-electron chi connectivity index (χ2n) is 5.53. The van der Waals surface area contributed by atoms with E-state index in [4.69, 9.17) is 11.6 Å². The Bertz CT molecular complexity index is 830. The maximum atomic E-state index is 12.9. The van der Waals surface area contributed by atoms with Crippen LogP contribution in [0.25, 0.3) is 0 Å². The Morgan fingerprint density at radius 1 is 1.00 bits per heavy atom. The minimum atomic E-state index is -0.489. The van der Waals surface area contributed by atoms with Gasteiger partial charge in [0.2, 0.25) is 0 Å². The van der Waals surface area contributed by atoms with E-state index in [9.17, 15) is 9.59 Å². The fraction of sp³-hybridized carbons (Fsp3) is 0.158. The van der Waals surface area contributed by atoms with Crippen molar-refractivity contribution in [3.8, 4) is 0 Å². The molecule has 0 aromatic heterocycles. The summed E-state index contributed by atoms with van der Waals surface area (Å²) in [5.74, 6) is -0.891. The minimum Gasteiger partial charge on any atom is -0.336 e. The molecule has 0 fully saturated rings. The number of hydrogen-bond donors (Lipinski definition) is 0. The normalized spacial score (nSPS) is 14.5. The zero-order valence-corrected chi connectivity index (χ0v) is 14.2. The van der Waals surface area contributed by atoms with Gasteiger partial charge >= 0.3 is 0 Å². The predicted molar refractivity (Wildman–Crippen MR) is 96.0 cm³/mol. The molecule has 0 saturated heterocycles. The largest absolute Gasteiger partial charge is 0.336 e. The van der Waals surface area contributed by atoms with Gasteiger partial charge < -0.3 is 4.90 Å². The van der Waals surface area contributed by atoms with Crippen LogP contribution in [0, 0.1) is 6.92 Å². The first-order valence-electron chi connectivity index (χ1n) is 7.72. The number of anilines is 2. The zero-order chi connectivity index (χ0) is 17.3. The van der Waals surface area contributed by atoms with Gasteiger partial charge in [-0.2, -0.15) is 0 Å². The SMILES string of the molecule is CCN(C1=C(Cl)C(=O)N(c2cccc(C)c2)C1=O)c1ccccc1. The Kier molecular flexibility index (Phi) is 4.40. The van der Waals surface area contributed by atoms with Gasteiger partial charge in [-0.1, -0.05) is 41.9 Å². The van der Waals surface area contributed by atoms with Gasteiger partial charge in [0.1, 0.15) is 10.7 Å². The van der Waals surface area contributed by atoms with E-state index >= 15 is 0 Å². The second kappa shape index (κ2) is 6.49. The van der Waals surface area contributed by atoms with Crippen LogP contribution in [-0.2, 0) is 9.59 Å². The Hall–Kier alpha value is -2.59. The summed E-state index contributed by atoms with van der Waals surface area (Å²) in [6.45, 7) is 4.35. The van der Waals surface area contributed by atoms with E-state index in [0.717, 1.165) is 16.2 Å². The molecule has 0 saturated carbocycles. The van der Waals surface area contributed by atoms with Crippen LogP contribution in [0.5, 0.6) is 0 Å². The number of hydrogen-bond acceptors (Lipinski definition) is 3. The van der Waals surface area contributed by atoms with Gasteiger partial charge in [0.25, 0.3) is 11.8 Å². The highest BCUT2D eigenvalue weighted by Crippen LogP contribution is 2.33. The molecule has 2 aromatic carbocycles. The average molecular weight is 341 g/mol. The van der Waals surface area contributed by atoms with Gasteiger partial charge in [0.15, 0.2) is 0 Å². The number of halogens is 1. The molecule has 0 atom stereocenters. The lowest BCUT2D eigenvalue weighted by Crippen LogP contribution is -2.35. The molecule has 3 rings (SSSR count). The highest BCUT2D eigenvalue weighted by atomic mass is 35.5. The molecule has 5 heteroatoms. The lowest BCUT2D eigenvalue weighted by Gasteiger charge is -2.24. The Labute approximate surface area is 145 Å². The number of para-hydroxylation sites is 1. The van der Waals surface area contributed by atoms with Crippen LogP contribution < -0.4 is 9.80 Å². The first-order valence-corrected chi connectivity index (χ1v) is 8.10. The molecule has 0 N–H and O–H groups in total. The Morgan fingerprint density at radius 2 is 1.71 bits per heavy atom. The molecule has 2 amide bonds. The first-order chi connectivity index (χ1) is 11.5. The number of carbonyl (C=O) groups is 2. The van der Waals surface area contributed by atoms with Crippen molar-refractivity contribution >= 4 is 34.8 Å². The monoisotopic (exact) mass is 340 g/mol. The Balaban J connectivity index is 2.03.